The van der Waals surface area contributed by atoms with E-state index in [0.29, 0.717) is 34.1 Å². The van der Waals surface area contributed by atoms with Crippen LogP contribution in [-0.4, -0.2) is 14.1 Å². The van der Waals surface area contributed by atoms with Gasteiger partial charge in [0.1, 0.15) is 5.82 Å². The topological polar surface area (TPSA) is 35.9 Å². The first kappa shape index (κ1) is 25.2. The number of benzene rings is 6. The van der Waals surface area contributed by atoms with E-state index in [-0.39, 0.29) is 54.4 Å². The third kappa shape index (κ3) is 7.00. The van der Waals surface area contributed by atoms with E-state index in [9.17, 15) is 0 Å². The number of rotatable bonds is 8. The maximum atomic E-state index is 8.84. The van der Waals surface area contributed by atoms with Gasteiger partial charge in [-0.25, -0.2) is 4.98 Å². The van der Waals surface area contributed by atoms with Crippen LogP contribution < -0.4 is 9.30 Å². The van der Waals surface area contributed by atoms with Crippen molar-refractivity contribution in [3.05, 3.63) is 187 Å². The number of fused-ring (bicyclic) bond motifs is 3. The first-order valence-electron chi connectivity index (χ1n) is 23.6. The normalized spacial score (nSPS) is 14.8. The maximum absolute atomic E-state index is 8.84. The quantitative estimate of drug-likeness (QED) is 0.112. The number of hydrogen-bond acceptors (Lipinski definition) is 2. The van der Waals surface area contributed by atoms with E-state index in [1.807, 2.05) is 22.8 Å². The van der Waals surface area contributed by atoms with E-state index >= 15 is 0 Å². The summed E-state index contributed by atoms with van der Waals surface area (Å²) in [4.78, 5) is 4.67. The van der Waals surface area contributed by atoms with Gasteiger partial charge >= 0.3 is 0 Å². The Balaban J connectivity index is 0.00000625. The molecule has 0 amide bonds. The van der Waals surface area contributed by atoms with E-state index in [1.54, 1.807) is 65.6 Å². The summed E-state index contributed by atoms with van der Waals surface area (Å²) >= 11 is 0. The van der Waals surface area contributed by atoms with Gasteiger partial charge in [-0.15, -0.1) is 29.7 Å². The molecule has 3 heterocycles. The van der Waals surface area contributed by atoms with Gasteiger partial charge in [-0.3, -0.25) is 4.57 Å². The molecule has 0 radical (unpaired) electrons. The molecule has 0 fully saturated rings. The third-order valence-electron chi connectivity index (χ3n) is 9.41. The number of nitrogens with zero attached hydrogens (tertiary/aromatic N) is 4. The largest absolute Gasteiger partial charge is 0.510 e. The maximum Gasteiger partial charge on any atom is 0.267 e. The summed E-state index contributed by atoms with van der Waals surface area (Å²) in [5.74, 6) is 1.21. The van der Waals surface area contributed by atoms with Gasteiger partial charge in [0.2, 0.25) is 0 Å². The number of para-hydroxylation sites is 1. The molecular weight excluding hydrogens is 868 g/mol. The van der Waals surface area contributed by atoms with E-state index in [1.165, 1.54) is 17.6 Å². The summed E-state index contributed by atoms with van der Waals surface area (Å²) < 4.78 is 114. The molecule has 5 nitrogen and oxygen atoms in total. The van der Waals surface area contributed by atoms with Crippen LogP contribution in [0.1, 0.15) is 55.3 Å². The molecule has 9 rings (SSSR count). The van der Waals surface area contributed by atoms with Crippen molar-refractivity contribution in [1.82, 2.24) is 14.1 Å². The molecule has 6 aromatic carbocycles. The predicted molar refractivity (Wildman–Crippen MR) is 221 cm³/mol. The molecule has 0 aliphatic carbocycles. The van der Waals surface area contributed by atoms with E-state index < -0.39 is 66.8 Å². The fourth-order valence-corrected chi connectivity index (χ4v) is 6.69. The van der Waals surface area contributed by atoms with Crippen LogP contribution in [0.2, 0.25) is 0 Å². The summed E-state index contributed by atoms with van der Waals surface area (Å²) in [6.45, 7) is 7.97. The van der Waals surface area contributed by atoms with Crippen molar-refractivity contribution >= 4 is 21.8 Å². The predicted octanol–water partition coefficient (Wildman–Crippen LogP) is 11.6. The second-order valence-corrected chi connectivity index (χ2v) is 13.9. The van der Waals surface area contributed by atoms with Crippen molar-refractivity contribution in [3.63, 3.8) is 0 Å². The summed E-state index contributed by atoms with van der Waals surface area (Å²) in [5.41, 5.74) is 3.61. The zero-order valence-electron chi connectivity index (χ0n) is 42.8. The number of imidazole rings is 1. The number of pyridine rings is 1. The molecule has 3 aromatic heterocycles. The fourth-order valence-electron chi connectivity index (χ4n) is 6.69. The number of aryl methyl sites for hydroxylation is 1. The van der Waals surface area contributed by atoms with Gasteiger partial charge in [0.25, 0.3) is 6.33 Å². The van der Waals surface area contributed by atoms with Crippen LogP contribution in [-0.2, 0) is 32.9 Å². The molecule has 278 valence electrons. The van der Waals surface area contributed by atoms with Gasteiger partial charge in [-0.05, 0) is 74.4 Å². The third-order valence-corrected chi connectivity index (χ3v) is 9.41. The minimum atomic E-state index is -1.61. The zero-order valence-corrected chi connectivity index (χ0v) is 33.0. The Hall–Kier alpha value is -6.03. The molecule has 0 saturated heterocycles. The van der Waals surface area contributed by atoms with E-state index in [4.69, 9.17) is 21.2 Å². The number of ether oxygens (including phenoxy) is 1. The molecule has 0 spiro atoms. The molecule has 0 aliphatic rings. The van der Waals surface area contributed by atoms with Crippen molar-refractivity contribution in [3.8, 4) is 50.9 Å². The molecule has 0 unspecified atom stereocenters. The fraction of sp³-hybridized carbons (Fsp3) is 0.120. The van der Waals surface area contributed by atoms with Gasteiger partial charge < -0.3 is 13.9 Å². The van der Waals surface area contributed by atoms with Gasteiger partial charge in [0.15, 0.2) is 0 Å². The Morgan fingerprint density at radius 2 is 1.48 bits per heavy atom. The van der Waals surface area contributed by atoms with Crippen molar-refractivity contribution in [1.29, 1.82) is 0 Å². The molecule has 0 bridgehead atoms. The van der Waals surface area contributed by atoms with Crippen LogP contribution in [0.3, 0.4) is 0 Å². The average Bonchev–Trinajstić information content (AvgIpc) is 3.92. The van der Waals surface area contributed by atoms with E-state index in [2.05, 4.69) is 56.3 Å². The molecule has 6 heteroatoms. The van der Waals surface area contributed by atoms with Crippen LogP contribution in [0.25, 0.3) is 61.3 Å². The van der Waals surface area contributed by atoms with Crippen molar-refractivity contribution in [2.24, 2.45) is 0 Å². The smallest absolute Gasteiger partial charge is 0.267 e. The van der Waals surface area contributed by atoms with Crippen LogP contribution >= 0.6 is 0 Å². The van der Waals surface area contributed by atoms with Gasteiger partial charge in [0.05, 0.1) is 19.4 Å². The second-order valence-electron chi connectivity index (χ2n) is 13.9. The minimum absolute atomic E-state index is 0. The SMILES string of the molecule is [2H]c1c([2H])c([2H])c(-c2cccc(-c3c([2H])c([2H])c([2H])c([2H])c3[2H])c2-[n+]2[c-]n(-c3[c-]c(Oc4[c-]c5c(cc4)c4cc(C(C)(C)C)ccc4n5-c4cc(C([2H])([2H])C)ccn4)ccc3)cc2)c([2H])c1[2H].[Pt]. The summed E-state index contributed by atoms with van der Waals surface area (Å²) in [7, 11) is 0. The van der Waals surface area contributed by atoms with Gasteiger partial charge in [-0.1, -0.05) is 124 Å². The first-order chi connectivity index (χ1) is 31.6. The molecule has 9 aromatic rings. The summed E-state index contributed by atoms with van der Waals surface area (Å²) in [6, 6.07) is 24.7. The monoisotopic (exact) mass is 919 g/mol. The molecule has 0 aliphatic heterocycles. The van der Waals surface area contributed by atoms with Crippen LogP contribution in [0.4, 0.5) is 0 Å². The van der Waals surface area contributed by atoms with Crippen LogP contribution in [0.15, 0.2) is 158 Å². The zero-order chi connectivity index (χ0) is 48.0. The Bertz CT molecular complexity index is 3360. The summed E-state index contributed by atoms with van der Waals surface area (Å²) in [5, 5.41) is 1.88. The summed E-state index contributed by atoms with van der Waals surface area (Å²) in [6.07, 6.45) is 6.43. The Kier molecular flexibility index (Phi) is 6.86. The second kappa shape index (κ2) is 15.2. The van der Waals surface area contributed by atoms with Crippen molar-refractivity contribution in [2.75, 3.05) is 0 Å². The minimum Gasteiger partial charge on any atom is -0.510 e. The van der Waals surface area contributed by atoms with E-state index in [0.717, 1.165) is 21.9 Å². The van der Waals surface area contributed by atoms with Crippen LogP contribution in [0.5, 0.6) is 11.5 Å². The van der Waals surface area contributed by atoms with Crippen LogP contribution in [0, 0.1) is 18.5 Å². The molecule has 0 saturated carbocycles. The molecular formula is C50H40N4OPt-2. The molecule has 56 heavy (non-hydrogen) atoms. The molecule has 0 N–H and O–H groups in total. The van der Waals surface area contributed by atoms with Gasteiger partial charge in [-0.2, -0.15) is 18.2 Å². The molecule has 0 atom stereocenters. The average molecular weight is 920 g/mol. The standard InChI is InChI=1S/C50H40N4O.Pt/c1-5-35-26-27-51-48(30-35)54-46-25-22-38(50(2,3)4)31-45(46)44-24-23-41(33-47(44)54)55-40-19-12-18-39(32-40)52-28-29-53(34-52)49-42(36-14-8-6-9-15-36)20-13-21-43(49)37-16-10-7-11-17-37;/h6-31H,5H2,1-4H3;/q-2;/i5D2,6D,7D,8D,9D,10D,11D,14D,15D,16D,17D;. The number of hydrogen-bond donors (Lipinski definition) is 0. The first-order valence-corrected chi connectivity index (χ1v) is 17.6. The van der Waals surface area contributed by atoms with Crippen molar-refractivity contribution in [2.45, 2.75) is 39.5 Å². The van der Waals surface area contributed by atoms with Gasteiger partial charge in [0, 0.05) is 59.4 Å². The van der Waals surface area contributed by atoms with Crippen molar-refractivity contribution < 1.29 is 46.8 Å². The Labute approximate surface area is 359 Å². The Morgan fingerprint density at radius 1 is 0.786 bits per heavy atom. The Morgan fingerprint density at radius 3 is 2.18 bits per heavy atom. The number of aromatic nitrogens is 4.